The summed E-state index contributed by atoms with van der Waals surface area (Å²) >= 11 is 0. The highest BCUT2D eigenvalue weighted by Crippen LogP contribution is 2.20. The number of hydrogen-bond donors (Lipinski definition) is 0. The SMILES string of the molecule is CCCCCCCCCCCC/C=C\CC/C=C\CCCCCCCCCCCCC1=C[C@H](C)OC1=O. The lowest BCUT2D eigenvalue weighted by molar-refractivity contribution is -0.139. The fourth-order valence-corrected chi connectivity index (χ4v) is 5.22. The van der Waals surface area contributed by atoms with E-state index in [4.69, 9.17) is 4.74 Å². The van der Waals surface area contributed by atoms with E-state index in [2.05, 4.69) is 31.2 Å². The van der Waals surface area contributed by atoms with Crippen molar-refractivity contribution < 1.29 is 9.53 Å². The third-order valence-corrected chi connectivity index (χ3v) is 7.62. The molecule has 1 heterocycles. The summed E-state index contributed by atoms with van der Waals surface area (Å²) in [4.78, 5) is 11.6. The largest absolute Gasteiger partial charge is 0.455 e. The lowest BCUT2D eigenvalue weighted by atomic mass is 10.0. The minimum Gasteiger partial charge on any atom is -0.455 e. The van der Waals surface area contributed by atoms with E-state index >= 15 is 0 Å². The number of ether oxygens (including phenoxy) is 1. The Morgan fingerprint density at radius 2 is 0.946 bits per heavy atom. The van der Waals surface area contributed by atoms with E-state index in [1.165, 1.54) is 148 Å². The van der Waals surface area contributed by atoms with Gasteiger partial charge in [0.05, 0.1) is 0 Å². The monoisotopic (exact) mass is 514 g/mol. The van der Waals surface area contributed by atoms with Gasteiger partial charge in [-0.25, -0.2) is 4.79 Å². The van der Waals surface area contributed by atoms with Crippen LogP contribution in [0, 0.1) is 0 Å². The first-order valence-electron chi connectivity index (χ1n) is 16.5. The van der Waals surface area contributed by atoms with Gasteiger partial charge in [0, 0.05) is 5.57 Å². The molecule has 0 aromatic carbocycles. The predicted octanol–water partition coefficient (Wildman–Crippen LogP) is 11.7. The van der Waals surface area contributed by atoms with Crippen LogP contribution in [-0.4, -0.2) is 12.1 Å². The molecule has 0 N–H and O–H groups in total. The molecule has 0 aliphatic carbocycles. The number of rotatable bonds is 27. The highest BCUT2D eigenvalue weighted by Gasteiger charge is 2.21. The summed E-state index contributed by atoms with van der Waals surface area (Å²) in [6.07, 6.45) is 44.9. The van der Waals surface area contributed by atoms with Crippen molar-refractivity contribution in [3.8, 4) is 0 Å². The van der Waals surface area contributed by atoms with Crippen LogP contribution in [0.1, 0.15) is 174 Å². The molecule has 0 aromatic heterocycles. The molecule has 1 rings (SSSR count). The standard InChI is InChI=1S/C35H62O2/c1-3-4-5-6-7-8-9-10-11-12-13-14-15-16-17-18-19-20-21-22-23-24-25-26-27-28-29-30-31-34-32-33(2)37-35(34)36/h14-15,18-19,32-33H,3-13,16-17,20-31H2,1-2H3/b15-14-,19-18-/t33-/m0/s1. The fraction of sp³-hybridized carbons (Fsp3) is 0.800. The minimum atomic E-state index is -0.0924. The van der Waals surface area contributed by atoms with Gasteiger partial charge in [0.1, 0.15) is 6.10 Å². The smallest absolute Gasteiger partial charge is 0.334 e. The van der Waals surface area contributed by atoms with Gasteiger partial charge in [0.2, 0.25) is 0 Å². The summed E-state index contributed by atoms with van der Waals surface area (Å²) in [5, 5.41) is 0. The molecule has 1 aliphatic heterocycles. The zero-order chi connectivity index (χ0) is 26.7. The number of unbranched alkanes of at least 4 members (excludes halogenated alkanes) is 21. The van der Waals surface area contributed by atoms with E-state index < -0.39 is 0 Å². The minimum absolute atomic E-state index is 0.0188. The summed E-state index contributed by atoms with van der Waals surface area (Å²) < 4.78 is 5.15. The molecule has 37 heavy (non-hydrogen) atoms. The summed E-state index contributed by atoms with van der Waals surface area (Å²) in [5.74, 6) is -0.0924. The fourth-order valence-electron chi connectivity index (χ4n) is 5.22. The Kier molecular flexibility index (Phi) is 24.0. The first-order chi connectivity index (χ1) is 18.2. The third-order valence-electron chi connectivity index (χ3n) is 7.62. The van der Waals surface area contributed by atoms with Gasteiger partial charge in [0.25, 0.3) is 0 Å². The molecule has 0 aromatic rings. The van der Waals surface area contributed by atoms with Crippen LogP contribution in [-0.2, 0) is 9.53 Å². The van der Waals surface area contributed by atoms with Crippen LogP contribution in [0.2, 0.25) is 0 Å². The molecule has 0 radical (unpaired) electrons. The van der Waals surface area contributed by atoms with Crippen molar-refractivity contribution in [1.82, 2.24) is 0 Å². The molecule has 1 atom stereocenters. The van der Waals surface area contributed by atoms with Crippen molar-refractivity contribution in [1.29, 1.82) is 0 Å². The van der Waals surface area contributed by atoms with Gasteiger partial charge >= 0.3 is 5.97 Å². The highest BCUT2D eigenvalue weighted by atomic mass is 16.5. The van der Waals surface area contributed by atoms with Crippen molar-refractivity contribution in [2.45, 2.75) is 180 Å². The molecule has 2 heteroatoms. The van der Waals surface area contributed by atoms with Gasteiger partial charge in [-0.15, -0.1) is 0 Å². The average molecular weight is 515 g/mol. The summed E-state index contributed by atoms with van der Waals surface area (Å²) in [6, 6.07) is 0. The normalized spacial score (nSPS) is 15.8. The quantitative estimate of drug-likeness (QED) is 0.0619. The van der Waals surface area contributed by atoms with E-state index in [1.807, 2.05) is 13.0 Å². The van der Waals surface area contributed by atoms with Crippen molar-refractivity contribution in [2.24, 2.45) is 0 Å². The molecule has 0 unspecified atom stereocenters. The Morgan fingerprint density at radius 3 is 1.35 bits per heavy atom. The van der Waals surface area contributed by atoms with E-state index in [-0.39, 0.29) is 12.1 Å². The maximum atomic E-state index is 11.6. The molecule has 1 aliphatic rings. The summed E-state index contributed by atoms with van der Waals surface area (Å²) in [5.41, 5.74) is 0.897. The topological polar surface area (TPSA) is 26.3 Å². The molecule has 0 saturated heterocycles. The van der Waals surface area contributed by atoms with Crippen LogP contribution in [0.4, 0.5) is 0 Å². The lowest BCUT2D eigenvalue weighted by Gasteiger charge is -2.03. The Morgan fingerprint density at radius 1 is 0.568 bits per heavy atom. The van der Waals surface area contributed by atoms with Crippen LogP contribution < -0.4 is 0 Å². The lowest BCUT2D eigenvalue weighted by Crippen LogP contribution is -2.03. The Balaban J connectivity index is 1.72. The highest BCUT2D eigenvalue weighted by molar-refractivity contribution is 5.90. The van der Waals surface area contributed by atoms with E-state index in [0.717, 1.165) is 18.4 Å². The molecular formula is C35H62O2. The van der Waals surface area contributed by atoms with Gasteiger partial charge in [0.15, 0.2) is 0 Å². The first kappa shape index (κ1) is 33.7. The molecule has 0 fully saturated rings. The van der Waals surface area contributed by atoms with Crippen LogP contribution >= 0.6 is 0 Å². The van der Waals surface area contributed by atoms with Crippen molar-refractivity contribution in [2.75, 3.05) is 0 Å². The first-order valence-corrected chi connectivity index (χ1v) is 16.5. The Hall–Kier alpha value is -1.31. The van der Waals surface area contributed by atoms with Crippen LogP contribution in [0.15, 0.2) is 36.0 Å². The molecule has 2 nitrogen and oxygen atoms in total. The maximum absolute atomic E-state index is 11.6. The number of allylic oxidation sites excluding steroid dienone is 4. The van der Waals surface area contributed by atoms with Gasteiger partial charge in [-0.05, 0) is 64.4 Å². The number of hydrogen-bond acceptors (Lipinski definition) is 2. The maximum Gasteiger partial charge on any atom is 0.334 e. The second kappa shape index (κ2) is 26.3. The van der Waals surface area contributed by atoms with Crippen LogP contribution in [0.5, 0.6) is 0 Å². The van der Waals surface area contributed by atoms with Crippen molar-refractivity contribution >= 4 is 5.97 Å². The van der Waals surface area contributed by atoms with Gasteiger partial charge in [-0.1, -0.05) is 140 Å². The van der Waals surface area contributed by atoms with E-state index in [1.54, 1.807) is 0 Å². The molecule has 0 amide bonds. The van der Waals surface area contributed by atoms with Gasteiger partial charge in [-0.3, -0.25) is 0 Å². The van der Waals surface area contributed by atoms with Crippen molar-refractivity contribution in [3.63, 3.8) is 0 Å². The zero-order valence-electron chi connectivity index (χ0n) is 25.0. The Labute approximate surface area is 231 Å². The predicted molar refractivity (Wildman–Crippen MR) is 163 cm³/mol. The zero-order valence-corrected chi connectivity index (χ0v) is 25.0. The molecule has 0 spiro atoms. The van der Waals surface area contributed by atoms with Gasteiger partial charge in [-0.2, -0.15) is 0 Å². The molecule has 0 bridgehead atoms. The molecule has 0 saturated carbocycles. The number of cyclic esters (lactones) is 1. The summed E-state index contributed by atoms with van der Waals surface area (Å²) in [7, 11) is 0. The van der Waals surface area contributed by atoms with Crippen molar-refractivity contribution in [3.05, 3.63) is 36.0 Å². The number of esters is 1. The van der Waals surface area contributed by atoms with E-state index in [0.29, 0.717) is 0 Å². The van der Waals surface area contributed by atoms with Gasteiger partial charge < -0.3 is 4.74 Å². The third kappa shape index (κ3) is 22.4. The summed E-state index contributed by atoms with van der Waals surface area (Å²) in [6.45, 7) is 4.22. The average Bonchev–Trinajstić information content (AvgIpc) is 3.22. The molecular weight excluding hydrogens is 452 g/mol. The second-order valence-electron chi connectivity index (χ2n) is 11.4. The second-order valence-corrected chi connectivity index (χ2v) is 11.4. The van der Waals surface area contributed by atoms with Crippen LogP contribution in [0.3, 0.4) is 0 Å². The van der Waals surface area contributed by atoms with E-state index in [9.17, 15) is 4.79 Å². The Bertz CT molecular complexity index is 600. The number of carbonyl (C=O) groups excluding carboxylic acids is 1. The molecule has 214 valence electrons. The number of carbonyl (C=O) groups is 1. The van der Waals surface area contributed by atoms with Crippen LogP contribution in [0.25, 0.3) is 0 Å².